The van der Waals surface area contributed by atoms with Crippen LogP contribution < -0.4 is 0 Å². The molecular weight excluding hydrogens is 837 g/mol. The van der Waals surface area contributed by atoms with Crippen LogP contribution in [0.1, 0.15) is 81.4 Å². The van der Waals surface area contributed by atoms with E-state index in [0.717, 1.165) is 54.4 Å². The Hall–Kier alpha value is -7.40. The number of ketones is 1. The average molecular weight is 879 g/mol. The van der Waals surface area contributed by atoms with Crippen molar-refractivity contribution in [1.82, 2.24) is 0 Å². The Labute approximate surface area is 390 Å². The van der Waals surface area contributed by atoms with Crippen LogP contribution in [0, 0.1) is 5.92 Å². The van der Waals surface area contributed by atoms with Crippen LogP contribution in [0.15, 0.2) is 220 Å². The van der Waals surface area contributed by atoms with Crippen molar-refractivity contribution in [1.29, 1.82) is 0 Å². The van der Waals surface area contributed by atoms with Gasteiger partial charge in [0.2, 0.25) is 9.84 Å². The zero-order valence-corrected chi connectivity index (χ0v) is 37.5. The minimum Gasteiger partial charge on any atom is -0.289 e. The van der Waals surface area contributed by atoms with Crippen LogP contribution in [0.25, 0.3) is 50.1 Å². The topological polar surface area (TPSA) is 51.2 Å². The van der Waals surface area contributed by atoms with Crippen molar-refractivity contribution in [3.8, 4) is 44.5 Å². The van der Waals surface area contributed by atoms with Crippen molar-refractivity contribution in [2.45, 2.75) is 52.7 Å². The fourth-order valence-corrected chi connectivity index (χ4v) is 15.7. The van der Waals surface area contributed by atoms with Gasteiger partial charge >= 0.3 is 0 Å². The largest absolute Gasteiger partial charge is 0.289 e. The minimum absolute atomic E-state index is 0.0634. The molecular formula is C63H42O3S. The Balaban J connectivity index is 0.856. The van der Waals surface area contributed by atoms with Gasteiger partial charge < -0.3 is 0 Å². The van der Waals surface area contributed by atoms with Crippen LogP contribution in [0.5, 0.6) is 0 Å². The third kappa shape index (κ3) is 4.57. The third-order valence-electron chi connectivity index (χ3n) is 16.7. The lowest BCUT2D eigenvalue weighted by molar-refractivity contribution is 0.103. The van der Waals surface area contributed by atoms with Crippen LogP contribution in [0.3, 0.4) is 0 Å². The van der Waals surface area contributed by atoms with Gasteiger partial charge in [0.15, 0.2) is 5.78 Å². The molecule has 0 fully saturated rings. The molecule has 0 saturated heterocycles. The van der Waals surface area contributed by atoms with Crippen molar-refractivity contribution >= 4 is 21.2 Å². The molecule has 3 nitrogen and oxygen atoms in total. The molecule has 318 valence electrons. The summed E-state index contributed by atoms with van der Waals surface area (Å²) in [4.78, 5) is 15.1. The van der Waals surface area contributed by atoms with Crippen molar-refractivity contribution in [3.05, 3.63) is 255 Å². The number of benzene rings is 7. The summed E-state index contributed by atoms with van der Waals surface area (Å²) in [6.07, 6.45) is 21.2. The number of carbonyl (C=O) groups excluding carboxylic acids is 1. The predicted molar refractivity (Wildman–Crippen MR) is 267 cm³/mol. The van der Waals surface area contributed by atoms with E-state index in [1.807, 2.05) is 24.3 Å². The molecule has 1 aliphatic heterocycles. The second-order valence-corrected chi connectivity index (χ2v) is 21.3. The molecule has 7 aromatic rings. The molecule has 1 heterocycles. The highest BCUT2D eigenvalue weighted by Crippen LogP contribution is 2.67. The monoisotopic (exact) mass is 878 g/mol. The molecule has 2 spiro atoms. The zero-order valence-electron chi connectivity index (χ0n) is 36.6. The molecule has 3 unspecified atom stereocenters. The van der Waals surface area contributed by atoms with Gasteiger partial charge in [-0.15, -0.1) is 0 Å². The molecule has 4 heteroatoms. The smallest absolute Gasteiger partial charge is 0.208 e. The number of allylic oxidation sites excluding steroid dienone is 12. The highest BCUT2D eigenvalue weighted by molar-refractivity contribution is 7.91. The van der Waals surface area contributed by atoms with E-state index in [1.165, 1.54) is 83.5 Å². The highest BCUT2D eigenvalue weighted by Gasteiger charge is 2.56. The van der Waals surface area contributed by atoms with Gasteiger partial charge in [-0.25, -0.2) is 8.42 Å². The van der Waals surface area contributed by atoms with E-state index in [4.69, 9.17) is 0 Å². The maximum atomic E-state index is 14.9. The Morgan fingerprint density at radius 3 is 1.63 bits per heavy atom. The summed E-state index contributed by atoms with van der Waals surface area (Å²) in [6, 6.07) is 50.7. The second-order valence-electron chi connectivity index (χ2n) is 19.5. The average Bonchev–Trinajstić information content (AvgIpc) is 4.06. The summed E-state index contributed by atoms with van der Waals surface area (Å²) in [7, 11) is -3.99. The summed E-state index contributed by atoms with van der Waals surface area (Å²) < 4.78 is 29.1. The summed E-state index contributed by atoms with van der Waals surface area (Å²) in [5.74, 6) is 0.0673. The molecule has 8 aliphatic rings. The van der Waals surface area contributed by atoms with Crippen LogP contribution >= 0.6 is 0 Å². The van der Waals surface area contributed by atoms with Gasteiger partial charge in [-0.05, 0) is 174 Å². The number of carbonyl (C=O) groups is 1. The van der Waals surface area contributed by atoms with Crippen molar-refractivity contribution in [2.75, 3.05) is 0 Å². The predicted octanol–water partition coefficient (Wildman–Crippen LogP) is 14.3. The maximum Gasteiger partial charge on any atom is 0.208 e. The van der Waals surface area contributed by atoms with Gasteiger partial charge in [0.1, 0.15) is 0 Å². The molecule has 15 rings (SSSR count). The number of fused-ring (bicyclic) bond motifs is 20. The standard InChI is InChI=1S/C63H42O3S/c64-61-49-33-37(39-25-29-47-45-17-5-11-23-55(45)62(57(47)35-39)51-19-7-1-13-41(51)42-14-2-8-20-52(42)62)27-31-59(49)67(65,66)60-32-28-38(34-50(60)61)40-26-30-48-46-18-6-12-24-56(46)63(58(48)36-40)53-21-9-3-15-43(53)44-16-4-10-22-54(44)63/h1-7,9,11-14,16-19,21,23-36,43H,8,10,15,20,22H2. The van der Waals surface area contributed by atoms with Gasteiger partial charge in [-0.2, -0.15) is 0 Å². The van der Waals surface area contributed by atoms with E-state index in [0.29, 0.717) is 5.92 Å². The van der Waals surface area contributed by atoms with E-state index >= 15 is 0 Å². The Morgan fingerprint density at radius 1 is 0.463 bits per heavy atom. The summed E-state index contributed by atoms with van der Waals surface area (Å²) in [5.41, 5.74) is 23.1. The second kappa shape index (κ2) is 13.1. The minimum atomic E-state index is -3.99. The van der Waals surface area contributed by atoms with Gasteiger partial charge in [-0.1, -0.05) is 152 Å². The van der Waals surface area contributed by atoms with Crippen LogP contribution in [-0.2, 0) is 20.7 Å². The van der Waals surface area contributed by atoms with Crippen LogP contribution in [0.2, 0.25) is 0 Å². The lowest BCUT2D eigenvalue weighted by atomic mass is 9.66. The molecule has 0 aromatic heterocycles. The molecule has 7 aromatic carbocycles. The van der Waals surface area contributed by atoms with Crippen molar-refractivity contribution in [2.24, 2.45) is 5.92 Å². The molecule has 0 amide bonds. The zero-order chi connectivity index (χ0) is 44.4. The van der Waals surface area contributed by atoms with Crippen LogP contribution in [-0.4, -0.2) is 14.2 Å². The highest BCUT2D eigenvalue weighted by atomic mass is 32.2. The lowest BCUT2D eigenvalue weighted by Crippen LogP contribution is -2.29. The molecule has 0 bridgehead atoms. The van der Waals surface area contributed by atoms with Gasteiger partial charge in [0, 0.05) is 17.0 Å². The van der Waals surface area contributed by atoms with Crippen LogP contribution in [0.4, 0.5) is 0 Å². The normalized spacial score (nSPS) is 23.3. The van der Waals surface area contributed by atoms with E-state index in [2.05, 4.69) is 152 Å². The van der Waals surface area contributed by atoms with Gasteiger partial charge in [0.05, 0.1) is 20.6 Å². The molecule has 0 radical (unpaired) electrons. The quantitative estimate of drug-likeness (QED) is 0.174. The number of sulfone groups is 1. The first-order chi connectivity index (χ1) is 32.9. The van der Waals surface area contributed by atoms with Gasteiger partial charge in [0.25, 0.3) is 0 Å². The fourth-order valence-electron chi connectivity index (χ4n) is 14.1. The maximum absolute atomic E-state index is 14.9. The first-order valence-corrected chi connectivity index (χ1v) is 25.2. The molecule has 67 heavy (non-hydrogen) atoms. The van der Waals surface area contributed by atoms with E-state index in [1.54, 1.807) is 12.1 Å². The first-order valence-electron chi connectivity index (χ1n) is 23.7. The molecule has 0 N–H and O–H groups in total. The Morgan fingerprint density at radius 2 is 0.970 bits per heavy atom. The fraction of sp³-hybridized carbons (Fsp3) is 0.127. The number of hydrogen-bond donors (Lipinski definition) is 0. The summed E-state index contributed by atoms with van der Waals surface area (Å²) >= 11 is 0. The molecule has 7 aliphatic carbocycles. The third-order valence-corrected chi connectivity index (χ3v) is 18.5. The number of rotatable bonds is 2. The Bertz CT molecular complexity index is 3830. The van der Waals surface area contributed by atoms with Gasteiger partial charge in [-0.3, -0.25) is 4.79 Å². The lowest BCUT2D eigenvalue weighted by Gasteiger charge is -2.35. The summed E-state index contributed by atoms with van der Waals surface area (Å²) in [5, 5.41) is 0. The first kappa shape index (κ1) is 37.8. The van der Waals surface area contributed by atoms with Crippen molar-refractivity contribution in [3.63, 3.8) is 0 Å². The van der Waals surface area contributed by atoms with E-state index < -0.39 is 15.3 Å². The Kier molecular flexibility index (Phi) is 7.41. The SMILES string of the molecule is O=C1c2cc(-c3ccc4c(c3)C3(C5=CC=CCC5C5=C3CCC=C5)c3ccccc3-4)ccc2S(=O)(=O)c2ccc(-c3ccc4c(c3)C3(C5=C(C=CCC5)c5ccccc53)c3ccccc3-4)cc21. The number of hydrogen-bond acceptors (Lipinski definition) is 3. The summed E-state index contributed by atoms with van der Waals surface area (Å²) in [6.45, 7) is 0. The van der Waals surface area contributed by atoms with E-state index in [-0.39, 0.29) is 32.1 Å². The van der Waals surface area contributed by atoms with E-state index in [9.17, 15) is 13.2 Å². The molecule has 3 atom stereocenters. The molecule has 0 saturated carbocycles. The van der Waals surface area contributed by atoms with Crippen molar-refractivity contribution < 1.29 is 13.2 Å².